The van der Waals surface area contributed by atoms with Crippen molar-refractivity contribution in [1.29, 1.82) is 0 Å². The van der Waals surface area contributed by atoms with Crippen LogP contribution in [-0.2, 0) is 11.2 Å². The Labute approximate surface area is 179 Å². The first kappa shape index (κ1) is 20.5. The number of hydrogen-bond donors (Lipinski definition) is 1. The number of para-hydroxylation sites is 1. The zero-order chi connectivity index (χ0) is 21.8. The number of carbonyl (C=O) groups excluding carboxylic acids is 1. The summed E-state index contributed by atoms with van der Waals surface area (Å²) in [5, 5.41) is 11.0. The van der Waals surface area contributed by atoms with Crippen molar-refractivity contribution in [3.63, 3.8) is 0 Å². The quantitative estimate of drug-likeness (QED) is 0.461. The topological polar surface area (TPSA) is 107 Å². The second kappa shape index (κ2) is 8.91. The number of benzene rings is 2. The molecule has 0 spiro atoms. The van der Waals surface area contributed by atoms with Crippen LogP contribution in [0.3, 0.4) is 0 Å². The van der Waals surface area contributed by atoms with Gasteiger partial charge in [-0.1, -0.05) is 66.6 Å². The molecule has 0 atom stereocenters. The number of amides is 1. The van der Waals surface area contributed by atoms with Crippen LogP contribution in [0.15, 0.2) is 57.6 Å². The third-order valence-corrected chi connectivity index (χ3v) is 4.79. The maximum absolute atomic E-state index is 12.6. The van der Waals surface area contributed by atoms with E-state index >= 15 is 0 Å². The largest absolute Gasteiger partial charge is 0.339 e. The van der Waals surface area contributed by atoms with Crippen LogP contribution in [-0.4, -0.2) is 26.2 Å². The minimum Gasteiger partial charge on any atom is -0.339 e. The van der Waals surface area contributed by atoms with Crippen LogP contribution < -0.4 is 5.32 Å². The normalized spacial score (nSPS) is 11.1. The molecule has 4 rings (SSSR count). The van der Waals surface area contributed by atoms with E-state index in [4.69, 9.17) is 9.05 Å². The zero-order valence-corrected chi connectivity index (χ0v) is 17.6. The van der Waals surface area contributed by atoms with Crippen LogP contribution in [0.1, 0.15) is 43.5 Å². The van der Waals surface area contributed by atoms with Gasteiger partial charge in [-0.25, -0.2) is 0 Å². The van der Waals surface area contributed by atoms with Crippen molar-refractivity contribution in [2.45, 2.75) is 39.5 Å². The summed E-state index contributed by atoms with van der Waals surface area (Å²) in [6.45, 7) is 5.91. The molecule has 0 bridgehead atoms. The molecule has 1 amide bonds. The first-order valence-electron chi connectivity index (χ1n) is 10.1. The maximum atomic E-state index is 12.6. The molecule has 158 valence electrons. The number of rotatable bonds is 7. The van der Waals surface area contributed by atoms with Gasteiger partial charge in [-0.2, -0.15) is 9.97 Å². The third kappa shape index (κ3) is 4.69. The smallest absolute Gasteiger partial charge is 0.260 e. The van der Waals surface area contributed by atoms with E-state index in [0.717, 1.165) is 11.1 Å². The van der Waals surface area contributed by atoms with Gasteiger partial charge in [0, 0.05) is 24.3 Å². The van der Waals surface area contributed by atoms with Crippen LogP contribution in [0.4, 0.5) is 5.69 Å². The molecule has 0 saturated heterocycles. The van der Waals surface area contributed by atoms with Gasteiger partial charge >= 0.3 is 0 Å². The number of anilines is 1. The Morgan fingerprint density at radius 3 is 2.55 bits per heavy atom. The predicted molar refractivity (Wildman–Crippen MR) is 115 cm³/mol. The van der Waals surface area contributed by atoms with Crippen molar-refractivity contribution < 1.29 is 13.8 Å². The van der Waals surface area contributed by atoms with E-state index in [1.807, 2.05) is 69.3 Å². The van der Waals surface area contributed by atoms with E-state index in [1.54, 1.807) is 0 Å². The van der Waals surface area contributed by atoms with Crippen LogP contribution in [0.2, 0.25) is 0 Å². The molecule has 2 aromatic carbocycles. The molecular formula is C23H23N5O3. The highest BCUT2D eigenvalue weighted by Gasteiger charge is 2.18. The van der Waals surface area contributed by atoms with E-state index in [0.29, 0.717) is 41.1 Å². The van der Waals surface area contributed by atoms with Crippen molar-refractivity contribution in [2.24, 2.45) is 0 Å². The SMILES string of the molecule is Cc1cccc(-c2nc(C(C)C)no2)c1NC(=O)CCc1nc(-c2ccccc2)no1. The van der Waals surface area contributed by atoms with Crippen molar-refractivity contribution in [2.75, 3.05) is 5.32 Å². The maximum Gasteiger partial charge on any atom is 0.260 e. The van der Waals surface area contributed by atoms with Gasteiger partial charge in [0.1, 0.15) is 0 Å². The lowest BCUT2D eigenvalue weighted by molar-refractivity contribution is -0.116. The highest BCUT2D eigenvalue weighted by atomic mass is 16.5. The summed E-state index contributed by atoms with van der Waals surface area (Å²) in [5.41, 5.74) is 3.12. The molecule has 4 aromatic rings. The number of carbonyl (C=O) groups is 1. The van der Waals surface area contributed by atoms with Crippen LogP contribution in [0.25, 0.3) is 22.8 Å². The molecule has 2 heterocycles. The molecule has 1 N–H and O–H groups in total. The Bertz CT molecular complexity index is 1180. The number of aromatic nitrogens is 4. The average molecular weight is 417 g/mol. The summed E-state index contributed by atoms with van der Waals surface area (Å²) in [4.78, 5) is 21.5. The number of aryl methyl sites for hydroxylation is 2. The molecule has 0 fully saturated rings. The van der Waals surface area contributed by atoms with Gasteiger partial charge in [0.15, 0.2) is 5.82 Å². The highest BCUT2D eigenvalue weighted by Crippen LogP contribution is 2.30. The summed E-state index contributed by atoms with van der Waals surface area (Å²) in [5.74, 6) is 1.91. The second-order valence-electron chi connectivity index (χ2n) is 7.54. The average Bonchev–Trinajstić information content (AvgIpc) is 3.44. The molecule has 0 aliphatic heterocycles. The van der Waals surface area contributed by atoms with Crippen LogP contribution in [0.5, 0.6) is 0 Å². The van der Waals surface area contributed by atoms with E-state index in [-0.39, 0.29) is 18.2 Å². The lowest BCUT2D eigenvalue weighted by Crippen LogP contribution is -2.14. The van der Waals surface area contributed by atoms with Gasteiger partial charge in [-0.3, -0.25) is 4.79 Å². The molecule has 31 heavy (non-hydrogen) atoms. The number of nitrogens with one attached hydrogen (secondary N) is 1. The Balaban J connectivity index is 1.45. The first-order valence-corrected chi connectivity index (χ1v) is 10.1. The van der Waals surface area contributed by atoms with Crippen molar-refractivity contribution in [3.05, 3.63) is 65.8 Å². The lowest BCUT2D eigenvalue weighted by atomic mass is 10.1. The van der Waals surface area contributed by atoms with Crippen LogP contribution in [0, 0.1) is 6.92 Å². The lowest BCUT2D eigenvalue weighted by Gasteiger charge is -2.11. The number of hydrogen-bond acceptors (Lipinski definition) is 7. The highest BCUT2D eigenvalue weighted by molar-refractivity contribution is 5.95. The Kier molecular flexibility index (Phi) is 5.88. The second-order valence-corrected chi connectivity index (χ2v) is 7.54. The standard InChI is InChI=1S/C23H23N5O3/c1-14(2)21-26-23(31-27-21)17-11-7-8-15(3)20(17)24-18(29)12-13-19-25-22(28-30-19)16-9-5-4-6-10-16/h4-11,14H,12-13H2,1-3H3,(H,24,29). The third-order valence-electron chi connectivity index (χ3n) is 4.79. The minimum atomic E-state index is -0.168. The summed E-state index contributed by atoms with van der Waals surface area (Å²) < 4.78 is 10.7. The Morgan fingerprint density at radius 2 is 1.81 bits per heavy atom. The molecule has 0 radical (unpaired) electrons. The molecular weight excluding hydrogens is 394 g/mol. The molecule has 8 nitrogen and oxygen atoms in total. The summed E-state index contributed by atoms with van der Waals surface area (Å²) >= 11 is 0. The summed E-state index contributed by atoms with van der Waals surface area (Å²) in [6, 6.07) is 15.2. The molecule has 8 heteroatoms. The molecule has 0 aliphatic rings. The summed E-state index contributed by atoms with van der Waals surface area (Å²) in [6.07, 6.45) is 0.538. The Hall–Kier alpha value is -3.81. The van der Waals surface area contributed by atoms with E-state index in [9.17, 15) is 4.79 Å². The minimum absolute atomic E-state index is 0.149. The summed E-state index contributed by atoms with van der Waals surface area (Å²) in [7, 11) is 0. The fourth-order valence-electron chi connectivity index (χ4n) is 3.07. The van der Waals surface area contributed by atoms with E-state index in [1.165, 1.54) is 0 Å². The number of nitrogens with zero attached hydrogens (tertiary/aromatic N) is 4. The van der Waals surface area contributed by atoms with Crippen LogP contribution >= 0.6 is 0 Å². The fraction of sp³-hybridized carbons (Fsp3) is 0.261. The van der Waals surface area contributed by atoms with Crippen molar-refractivity contribution in [1.82, 2.24) is 20.3 Å². The molecule has 0 saturated carbocycles. The monoisotopic (exact) mass is 417 g/mol. The molecule has 0 unspecified atom stereocenters. The van der Waals surface area contributed by atoms with Gasteiger partial charge in [0.25, 0.3) is 5.89 Å². The van der Waals surface area contributed by atoms with E-state index in [2.05, 4.69) is 25.6 Å². The van der Waals surface area contributed by atoms with Crippen molar-refractivity contribution >= 4 is 11.6 Å². The van der Waals surface area contributed by atoms with Gasteiger partial charge in [-0.15, -0.1) is 0 Å². The molecule has 2 aromatic heterocycles. The van der Waals surface area contributed by atoms with E-state index < -0.39 is 0 Å². The Morgan fingerprint density at radius 1 is 1.00 bits per heavy atom. The zero-order valence-electron chi connectivity index (χ0n) is 17.6. The first-order chi connectivity index (χ1) is 15.0. The fourth-order valence-corrected chi connectivity index (χ4v) is 3.07. The van der Waals surface area contributed by atoms with Gasteiger partial charge < -0.3 is 14.4 Å². The molecule has 0 aliphatic carbocycles. The predicted octanol–water partition coefficient (Wildman–Crippen LogP) is 4.79. The van der Waals surface area contributed by atoms with Crippen molar-refractivity contribution in [3.8, 4) is 22.8 Å². The van der Waals surface area contributed by atoms with Gasteiger partial charge in [0.2, 0.25) is 17.6 Å². The van der Waals surface area contributed by atoms with Gasteiger partial charge in [-0.05, 0) is 18.6 Å². The van der Waals surface area contributed by atoms with Gasteiger partial charge in [0.05, 0.1) is 11.3 Å².